The molecule has 0 saturated heterocycles. The normalized spacial score (nSPS) is 11.4. The van der Waals surface area contributed by atoms with E-state index in [9.17, 15) is 18.8 Å². The number of amides is 2. The van der Waals surface area contributed by atoms with Gasteiger partial charge in [-0.05, 0) is 42.8 Å². The number of nitrogens with one attached hydrogen (secondary N) is 3. The molecule has 3 aromatic rings. The second kappa shape index (κ2) is 11.4. The molecule has 0 aliphatic rings. The largest absolute Gasteiger partial charge is 0.371 e. The van der Waals surface area contributed by atoms with Gasteiger partial charge in [-0.15, -0.1) is 0 Å². The number of aromatic nitrogens is 1. The van der Waals surface area contributed by atoms with Gasteiger partial charge in [-0.3, -0.25) is 19.0 Å². The molecule has 0 spiro atoms. The molecule has 0 fully saturated rings. The molecular weight excluding hydrogens is 483 g/mol. The summed E-state index contributed by atoms with van der Waals surface area (Å²) < 4.78 is 16.3. The standard InChI is InChI=1S/C25H25FN6O3S/c1-14(27)10-22(36)31-19-13-20(18(26)12-17(19)24(28)34)30-21(25(29)35)11-15-5-7-16(8-6-15)32-9-3-2-4-23(32)33/h2-9,12-13,21,27,30H,10-11H2,1H3,(H2,28,34)(H2,29,35)(H,31,36). The predicted octanol–water partition coefficient (Wildman–Crippen LogP) is 2.75. The van der Waals surface area contributed by atoms with E-state index in [-0.39, 0.29) is 40.3 Å². The Morgan fingerprint density at radius 3 is 2.39 bits per heavy atom. The van der Waals surface area contributed by atoms with Crippen molar-refractivity contribution in [3.8, 4) is 5.69 Å². The van der Waals surface area contributed by atoms with Crippen molar-refractivity contribution in [1.29, 1.82) is 5.41 Å². The lowest BCUT2D eigenvalue weighted by molar-refractivity contribution is -0.118. The lowest BCUT2D eigenvalue weighted by Crippen LogP contribution is -2.37. The Balaban J connectivity index is 1.85. The average Bonchev–Trinajstić information content (AvgIpc) is 2.80. The second-order valence-electron chi connectivity index (χ2n) is 8.13. The van der Waals surface area contributed by atoms with Crippen LogP contribution in [0.15, 0.2) is 65.6 Å². The van der Waals surface area contributed by atoms with Gasteiger partial charge >= 0.3 is 0 Å². The molecular formula is C25H25FN6O3S. The molecule has 1 atom stereocenters. The van der Waals surface area contributed by atoms with Crippen molar-refractivity contribution in [2.24, 2.45) is 11.5 Å². The van der Waals surface area contributed by atoms with E-state index in [1.165, 1.54) is 16.7 Å². The third-order valence-electron chi connectivity index (χ3n) is 5.22. The van der Waals surface area contributed by atoms with Gasteiger partial charge in [-0.1, -0.05) is 30.4 Å². The van der Waals surface area contributed by atoms with Crippen LogP contribution in [-0.2, 0) is 11.2 Å². The lowest BCUT2D eigenvalue weighted by Gasteiger charge is -2.20. The second-order valence-corrected chi connectivity index (χ2v) is 8.62. The first-order valence-electron chi connectivity index (χ1n) is 10.8. The molecule has 2 aromatic carbocycles. The summed E-state index contributed by atoms with van der Waals surface area (Å²) in [6.45, 7) is 1.57. The fourth-order valence-electron chi connectivity index (χ4n) is 3.51. The highest BCUT2D eigenvalue weighted by atomic mass is 32.1. The number of carbonyl (C=O) groups is 2. The maximum Gasteiger partial charge on any atom is 0.255 e. The number of thiocarbonyl (C=S) groups is 1. The zero-order chi connectivity index (χ0) is 26.4. The van der Waals surface area contributed by atoms with Gasteiger partial charge in [0, 0.05) is 36.5 Å². The molecule has 7 N–H and O–H groups in total. The molecule has 3 rings (SSSR count). The van der Waals surface area contributed by atoms with Crippen LogP contribution in [-0.4, -0.2) is 33.1 Å². The molecule has 0 saturated carbocycles. The number of anilines is 2. The van der Waals surface area contributed by atoms with Crippen LogP contribution in [0.2, 0.25) is 0 Å². The summed E-state index contributed by atoms with van der Waals surface area (Å²) in [6.07, 6.45) is 1.91. The van der Waals surface area contributed by atoms with Gasteiger partial charge in [-0.25, -0.2) is 4.39 Å². The first kappa shape index (κ1) is 26.2. The van der Waals surface area contributed by atoms with Crippen molar-refractivity contribution >= 4 is 46.1 Å². The summed E-state index contributed by atoms with van der Waals surface area (Å²) in [5.41, 5.74) is 12.3. The fourth-order valence-corrected chi connectivity index (χ4v) is 3.83. The Morgan fingerprint density at radius 1 is 1.11 bits per heavy atom. The van der Waals surface area contributed by atoms with Crippen molar-refractivity contribution in [3.05, 3.63) is 88.1 Å². The van der Waals surface area contributed by atoms with E-state index in [0.717, 1.165) is 6.07 Å². The van der Waals surface area contributed by atoms with Gasteiger partial charge in [0.2, 0.25) is 5.91 Å². The summed E-state index contributed by atoms with van der Waals surface area (Å²) in [4.78, 5) is 36.3. The molecule has 2 amide bonds. The van der Waals surface area contributed by atoms with Crippen LogP contribution in [0.4, 0.5) is 15.8 Å². The van der Waals surface area contributed by atoms with Gasteiger partial charge in [0.05, 0.1) is 21.9 Å². The third kappa shape index (κ3) is 6.60. The number of hydrogen-bond acceptors (Lipinski definition) is 6. The molecule has 0 bridgehead atoms. The number of halogens is 1. The molecule has 36 heavy (non-hydrogen) atoms. The van der Waals surface area contributed by atoms with Crippen LogP contribution in [0, 0.1) is 11.2 Å². The Labute approximate surface area is 211 Å². The van der Waals surface area contributed by atoms with E-state index in [4.69, 9.17) is 29.1 Å². The molecule has 0 aliphatic carbocycles. The van der Waals surface area contributed by atoms with E-state index in [1.807, 2.05) is 0 Å². The minimum Gasteiger partial charge on any atom is -0.371 e. The number of rotatable bonds is 10. The highest BCUT2D eigenvalue weighted by molar-refractivity contribution is 7.80. The van der Waals surface area contributed by atoms with E-state index in [2.05, 4.69) is 10.6 Å². The van der Waals surface area contributed by atoms with Crippen molar-refractivity contribution in [3.63, 3.8) is 0 Å². The summed E-state index contributed by atoms with van der Waals surface area (Å²) >= 11 is 5.19. The Morgan fingerprint density at radius 2 is 1.81 bits per heavy atom. The number of benzene rings is 2. The molecule has 186 valence electrons. The topological polar surface area (TPSA) is 156 Å². The van der Waals surface area contributed by atoms with Crippen LogP contribution in [0.3, 0.4) is 0 Å². The van der Waals surface area contributed by atoms with Crippen molar-refractivity contribution < 1.29 is 14.0 Å². The highest BCUT2D eigenvalue weighted by Crippen LogP contribution is 2.26. The molecule has 1 unspecified atom stereocenters. The monoisotopic (exact) mass is 508 g/mol. The number of carbonyl (C=O) groups excluding carboxylic acids is 2. The van der Waals surface area contributed by atoms with Crippen molar-refractivity contribution in [2.45, 2.75) is 25.8 Å². The van der Waals surface area contributed by atoms with E-state index in [0.29, 0.717) is 17.0 Å². The Bertz CT molecular complexity index is 1390. The predicted molar refractivity (Wildman–Crippen MR) is 142 cm³/mol. The summed E-state index contributed by atoms with van der Waals surface area (Å²) in [5.74, 6) is -2.41. The summed E-state index contributed by atoms with van der Waals surface area (Å²) in [6, 6.07) is 13.0. The smallest absolute Gasteiger partial charge is 0.255 e. The Kier molecular flexibility index (Phi) is 8.28. The van der Waals surface area contributed by atoms with Crippen LogP contribution >= 0.6 is 12.2 Å². The number of pyridine rings is 1. The zero-order valence-corrected chi connectivity index (χ0v) is 20.2. The molecule has 9 nitrogen and oxygen atoms in total. The van der Waals surface area contributed by atoms with Crippen LogP contribution in [0.1, 0.15) is 29.3 Å². The molecule has 0 radical (unpaired) electrons. The number of hydrogen-bond donors (Lipinski definition) is 5. The van der Waals surface area contributed by atoms with Gasteiger partial charge in [0.25, 0.3) is 11.5 Å². The van der Waals surface area contributed by atoms with Crippen LogP contribution < -0.4 is 27.7 Å². The molecule has 0 aliphatic heterocycles. The number of primary amides is 2. The van der Waals surface area contributed by atoms with Gasteiger partial charge in [0.1, 0.15) is 11.9 Å². The summed E-state index contributed by atoms with van der Waals surface area (Å²) in [5, 5.41) is 13.2. The van der Waals surface area contributed by atoms with E-state index < -0.39 is 23.7 Å². The van der Waals surface area contributed by atoms with E-state index >= 15 is 0 Å². The first-order chi connectivity index (χ1) is 17.0. The van der Waals surface area contributed by atoms with Gasteiger partial charge in [-0.2, -0.15) is 0 Å². The quantitative estimate of drug-likeness (QED) is 0.209. The number of nitrogens with zero attached hydrogens (tertiary/aromatic N) is 1. The highest BCUT2D eigenvalue weighted by Gasteiger charge is 2.21. The Hall–Kier alpha value is -4.38. The van der Waals surface area contributed by atoms with Gasteiger partial charge in [0.15, 0.2) is 0 Å². The minimum atomic E-state index is -0.993. The maximum atomic E-state index is 14.8. The van der Waals surface area contributed by atoms with E-state index in [1.54, 1.807) is 49.5 Å². The first-order valence-corrected chi connectivity index (χ1v) is 11.3. The zero-order valence-electron chi connectivity index (χ0n) is 19.4. The minimum absolute atomic E-state index is 0.0897. The SMILES string of the molecule is CC(=N)CC(=S)Nc1cc(NC(Cc2ccc(-n3ccccc3=O)cc2)C(N)=O)c(F)cc1C(N)=O. The number of nitrogens with two attached hydrogens (primary N) is 2. The van der Waals surface area contributed by atoms with Gasteiger partial charge < -0.3 is 27.5 Å². The average molecular weight is 509 g/mol. The van der Waals surface area contributed by atoms with Crippen molar-refractivity contribution in [2.75, 3.05) is 10.6 Å². The maximum absolute atomic E-state index is 14.8. The lowest BCUT2D eigenvalue weighted by atomic mass is 10.0. The molecule has 11 heteroatoms. The molecule has 1 heterocycles. The van der Waals surface area contributed by atoms with Crippen LogP contribution in [0.25, 0.3) is 5.69 Å². The van der Waals surface area contributed by atoms with Crippen LogP contribution in [0.5, 0.6) is 0 Å². The summed E-state index contributed by atoms with van der Waals surface area (Å²) in [7, 11) is 0. The molecule has 1 aromatic heterocycles. The van der Waals surface area contributed by atoms with Crippen molar-refractivity contribution in [1.82, 2.24) is 4.57 Å². The fraction of sp³-hybridized carbons (Fsp3) is 0.160. The third-order valence-corrected chi connectivity index (χ3v) is 5.47.